The Labute approximate surface area is 124 Å². The molecule has 0 saturated carbocycles. The van der Waals surface area contributed by atoms with E-state index in [0.29, 0.717) is 11.2 Å². The molecule has 3 rings (SSSR count). The first-order chi connectivity index (χ1) is 10.5. The van der Waals surface area contributed by atoms with E-state index in [-0.39, 0.29) is 5.49 Å². The smallest absolute Gasteiger partial charge is 0.167 e. The molecule has 0 aromatic carbocycles. The van der Waals surface area contributed by atoms with Crippen LogP contribution in [0.5, 0.6) is 0 Å². The average Bonchev–Trinajstić information content (AvgIpc) is 2.93. The Morgan fingerprint density at radius 3 is 2.59 bits per heavy atom. The van der Waals surface area contributed by atoms with E-state index >= 15 is 0 Å². The van der Waals surface area contributed by atoms with Gasteiger partial charge in [0.05, 0.1) is 19.3 Å². The lowest BCUT2D eigenvalue weighted by Crippen LogP contribution is -2.56. The van der Waals surface area contributed by atoms with Gasteiger partial charge < -0.3 is 29.7 Å². The molecule has 0 unspecified atom stereocenters. The van der Waals surface area contributed by atoms with Crippen molar-refractivity contribution in [2.75, 3.05) is 6.61 Å². The number of aliphatic hydroxyl groups excluding tert-OH is 4. The third-order valence-electron chi connectivity index (χ3n) is 3.84. The average molecular weight is 311 g/mol. The van der Waals surface area contributed by atoms with Crippen LogP contribution >= 0.6 is 0 Å². The molecule has 2 aromatic heterocycles. The zero-order chi connectivity index (χ0) is 16.0. The molecule has 120 valence electrons. The fraction of sp³-hybridized carbons (Fsp3) is 0.583. The van der Waals surface area contributed by atoms with Gasteiger partial charge in [-0.15, -0.1) is 0 Å². The highest BCUT2D eigenvalue weighted by Gasteiger charge is 2.44. The summed E-state index contributed by atoms with van der Waals surface area (Å²) in [7, 11) is 1.65. The van der Waals surface area contributed by atoms with Gasteiger partial charge in [-0.3, -0.25) is 9.98 Å². The second kappa shape index (κ2) is 5.41. The van der Waals surface area contributed by atoms with Crippen LogP contribution in [-0.4, -0.2) is 70.6 Å². The van der Waals surface area contributed by atoms with E-state index < -0.39 is 37.3 Å². The Bertz CT molecular complexity index is 741. The maximum absolute atomic E-state index is 10.1. The molecule has 10 heteroatoms. The molecule has 1 aliphatic heterocycles. The number of imidazole rings is 1. The molecular weight excluding hydrogens is 294 g/mol. The van der Waals surface area contributed by atoms with E-state index in [4.69, 9.17) is 10.1 Å². The van der Waals surface area contributed by atoms with Crippen molar-refractivity contribution in [2.45, 2.75) is 30.6 Å². The van der Waals surface area contributed by atoms with Gasteiger partial charge in [-0.2, -0.15) is 0 Å². The molecular formula is C12H17N5O5. The maximum atomic E-state index is 10.1. The van der Waals surface area contributed by atoms with Crippen LogP contribution in [-0.2, 0) is 11.8 Å². The number of hydrogen-bond donors (Lipinski definition) is 5. The minimum atomic E-state index is -1.48. The number of nitrogens with one attached hydrogen (secondary N) is 1. The second-order valence-corrected chi connectivity index (χ2v) is 5.25. The first kappa shape index (κ1) is 15.1. The molecule has 1 fully saturated rings. The van der Waals surface area contributed by atoms with E-state index in [9.17, 15) is 20.4 Å². The third-order valence-corrected chi connectivity index (χ3v) is 3.84. The molecule has 10 nitrogen and oxygen atoms in total. The van der Waals surface area contributed by atoms with Crippen molar-refractivity contribution >= 4 is 11.2 Å². The number of aliphatic hydroxyl groups is 4. The van der Waals surface area contributed by atoms with Crippen LogP contribution in [0.3, 0.4) is 0 Å². The summed E-state index contributed by atoms with van der Waals surface area (Å²) in [6, 6.07) is 0. The number of rotatable bonds is 2. The molecule has 1 saturated heterocycles. The molecule has 0 amide bonds. The largest absolute Gasteiger partial charge is 0.394 e. The lowest BCUT2D eigenvalue weighted by Gasteiger charge is -2.40. The molecule has 0 radical (unpaired) electrons. The number of aryl methyl sites for hydroxylation is 1. The van der Waals surface area contributed by atoms with Crippen molar-refractivity contribution in [2.24, 2.45) is 7.05 Å². The summed E-state index contributed by atoms with van der Waals surface area (Å²) >= 11 is 0. The first-order valence-corrected chi connectivity index (χ1v) is 6.69. The van der Waals surface area contributed by atoms with Crippen molar-refractivity contribution in [3.63, 3.8) is 0 Å². The Morgan fingerprint density at radius 2 is 1.91 bits per heavy atom. The summed E-state index contributed by atoms with van der Waals surface area (Å²) in [6.07, 6.45) is -3.68. The molecule has 0 spiro atoms. The highest BCUT2D eigenvalue weighted by molar-refractivity contribution is 5.68. The van der Waals surface area contributed by atoms with Gasteiger partial charge >= 0.3 is 0 Å². The van der Waals surface area contributed by atoms with Gasteiger partial charge in [0.1, 0.15) is 29.9 Å². The molecule has 1 aliphatic rings. The number of ether oxygens (including phenoxy) is 1. The molecule has 22 heavy (non-hydrogen) atoms. The monoisotopic (exact) mass is 311 g/mol. The van der Waals surface area contributed by atoms with Crippen molar-refractivity contribution in [1.29, 1.82) is 5.41 Å². The Balaban J connectivity index is 2.07. The highest BCUT2D eigenvalue weighted by atomic mass is 16.6. The Hall–Kier alpha value is -1.85. The SMILES string of the molecule is Cn1cnc2c(ncn2[C@@H]2O[C@H](CO)[C@@H](O)[C@H](O)[C@H]2O)c1=N. The van der Waals surface area contributed by atoms with E-state index in [1.807, 2.05) is 0 Å². The first-order valence-electron chi connectivity index (χ1n) is 6.69. The predicted octanol–water partition coefficient (Wildman–Crippen LogP) is -2.78. The summed E-state index contributed by atoms with van der Waals surface area (Å²) in [6.45, 7) is -0.514. The van der Waals surface area contributed by atoms with Gasteiger partial charge in [-0.05, 0) is 0 Å². The van der Waals surface area contributed by atoms with Gasteiger partial charge in [0, 0.05) is 7.05 Å². The van der Waals surface area contributed by atoms with E-state index in [1.54, 1.807) is 7.05 Å². The zero-order valence-electron chi connectivity index (χ0n) is 11.7. The lowest BCUT2D eigenvalue weighted by atomic mass is 9.98. The van der Waals surface area contributed by atoms with E-state index in [1.165, 1.54) is 21.8 Å². The Morgan fingerprint density at radius 1 is 1.18 bits per heavy atom. The molecule has 5 atom stereocenters. The van der Waals surface area contributed by atoms with Crippen LogP contribution in [0.2, 0.25) is 0 Å². The van der Waals surface area contributed by atoms with Gasteiger partial charge in [0.2, 0.25) is 0 Å². The summed E-state index contributed by atoms with van der Waals surface area (Å²) < 4.78 is 8.31. The quantitative estimate of drug-likeness (QED) is 0.402. The van der Waals surface area contributed by atoms with Crippen LogP contribution in [0.25, 0.3) is 11.2 Å². The van der Waals surface area contributed by atoms with Crippen LogP contribution in [0, 0.1) is 5.41 Å². The fourth-order valence-corrected chi connectivity index (χ4v) is 2.51. The van der Waals surface area contributed by atoms with Crippen molar-refractivity contribution in [1.82, 2.24) is 19.1 Å². The van der Waals surface area contributed by atoms with Crippen LogP contribution in [0.4, 0.5) is 0 Å². The summed E-state index contributed by atoms with van der Waals surface area (Å²) in [5, 5.41) is 46.9. The number of hydrogen-bond acceptors (Lipinski definition) is 8. The van der Waals surface area contributed by atoms with Crippen molar-refractivity contribution in [3.8, 4) is 0 Å². The molecule has 3 heterocycles. The van der Waals surface area contributed by atoms with Crippen molar-refractivity contribution in [3.05, 3.63) is 18.1 Å². The lowest BCUT2D eigenvalue weighted by molar-refractivity contribution is -0.250. The van der Waals surface area contributed by atoms with Gasteiger partial charge in [-0.25, -0.2) is 9.97 Å². The van der Waals surface area contributed by atoms with E-state index in [2.05, 4.69) is 9.97 Å². The summed E-state index contributed by atoms with van der Waals surface area (Å²) in [5.74, 6) is 0. The Kier molecular flexibility index (Phi) is 3.70. The third kappa shape index (κ3) is 2.12. The molecule has 0 bridgehead atoms. The number of aromatic nitrogens is 4. The zero-order valence-corrected chi connectivity index (χ0v) is 11.7. The second-order valence-electron chi connectivity index (χ2n) is 5.25. The predicted molar refractivity (Wildman–Crippen MR) is 71.4 cm³/mol. The van der Waals surface area contributed by atoms with Gasteiger partial charge in [0.25, 0.3) is 0 Å². The molecule has 2 aromatic rings. The number of fused-ring (bicyclic) bond motifs is 1. The van der Waals surface area contributed by atoms with Crippen LogP contribution in [0.15, 0.2) is 12.7 Å². The highest BCUT2D eigenvalue weighted by Crippen LogP contribution is 2.29. The standard InChI is InChI=1S/C12H17N5O5/c1-16-3-15-11-6(10(16)13)14-4-17(11)12-9(21)8(20)7(19)5(2-18)22-12/h3-5,7-9,12-13,18-21H,2H2,1H3/t5-,7-,8+,9-,12-/m1/s1. The molecule has 5 N–H and O–H groups in total. The number of nitrogens with zero attached hydrogens (tertiary/aromatic N) is 4. The summed E-state index contributed by atoms with van der Waals surface area (Å²) in [5.41, 5.74) is 0.739. The summed E-state index contributed by atoms with van der Waals surface area (Å²) in [4.78, 5) is 8.23. The van der Waals surface area contributed by atoms with Crippen LogP contribution in [0.1, 0.15) is 6.23 Å². The minimum absolute atomic E-state index is 0.133. The van der Waals surface area contributed by atoms with Gasteiger partial charge in [0.15, 0.2) is 17.4 Å². The maximum Gasteiger partial charge on any atom is 0.167 e. The molecule has 0 aliphatic carbocycles. The topological polar surface area (TPSA) is 150 Å². The van der Waals surface area contributed by atoms with Gasteiger partial charge in [-0.1, -0.05) is 0 Å². The fourth-order valence-electron chi connectivity index (χ4n) is 2.51. The normalized spacial score (nSPS) is 32.5. The van der Waals surface area contributed by atoms with Crippen LogP contribution < -0.4 is 5.49 Å². The minimum Gasteiger partial charge on any atom is -0.394 e. The van der Waals surface area contributed by atoms with E-state index in [0.717, 1.165) is 0 Å². The van der Waals surface area contributed by atoms with Crippen molar-refractivity contribution < 1.29 is 25.2 Å².